The standard InChI is InChI=1S/C13H9F4N5/c1-7-4-11(22-12(20-7)18-6-19-22)21-10-3-2-8(5-9(10)14)13(15,16)17/h2-6,21H,1H3. The number of hydrogen-bond donors (Lipinski definition) is 1. The number of aryl methyl sites for hydroxylation is 1. The lowest BCUT2D eigenvalue weighted by Crippen LogP contribution is -2.07. The van der Waals surface area contributed by atoms with E-state index in [2.05, 4.69) is 20.4 Å². The summed E-state index contributed by atoms with van der Waals surface area (Å²) in [4.78, 5) is 8.02. The normalized spacial score (nSPS) is 11.9. The van der Waals surface area contributed by atoms with Crippen molar-refractivity contribution >= 4 is 17.3 Å². The molecular weight excluding hydrogens is 302 g/mol. The number of anilines is 2. The van der Waals surface area contributed by atoms with Crippen LogP contribution in [-0.4, -0.2) is 19.6 Å². The van der Waals surface area contributed by atoms with Crippen LogP contribution in [0.25, 0.3) is 5.78 Å². The molecular formula is C13H9F4N5. The summed E-state index contributed by atoms with van der Waals surface area (Å²) in [5, 5.41) is 6.62. The van der Waals surface area contributed by atoms with E-state index in [1.807, 2.05) is 0 Å². The van der Waals surface area contributed by atoms with Crippen molar-refractivity contribution < 1.29 is 17.6 Å². The van der Waals surface area contributed by atoms with Crippen LogP contribution in [0.3, 0.4) is 0 Å². The lowest BCUT2D eigenvalue weighted by atomic mass is 10.2. The molecule has 1 N–H and O–H groups in total. The summed E-state index contributed by atoms with van der Waals surface area (Å²) in [7, 11) is 0. The zero-order valence-corrected chi connectivity index (χ0v) is 11.2. The Kier molecular flexibility index (Phi) is 3.19. The first-order chi connectivity index (χ1) is 10.3. The Morgan fingerprint density at radius 3 is 2.64 bits per heavy atom. The molecule has 2 aromatic heterocycles. The van der Waals surface area contributed by atoms with Crippen LogP contribution < -0.4 is 5.32 Å². The van der Waals surface area contributed by atoms with Crippen LogP contribution in [0.15, 0.2) is 30.6 Å². The summed E-state index contributed by atoms with van der Waals surface area (Å²) < 4.78 is 52.8. The molecule has 0 unspecified atom stereocenters. The Balaban J connectivity index is 2.00. The van der Waals surface area contributed by atoms with Gasteiger partial charge < -0.3 is 5.32 Å². The van der Waals surface area contributed by atoms with Crippen molar-refractivity contribution in [1.82, 2.24) is 19.6 Å². The van der Waals surface area contributed by atoms with E-state index >= 15 is 0 Å². The third kappa shape index (κ3) is 2.57. The Morgan fingerprint density at radius 1 is 1.18 bits per heavy atom. The number of fused-ring (bicyclic) bond motifs is 1. The predicted molar refractivity (Wildman–Crippen MR) is 70.2 cm³/mol. The fraction of sp³-hybridized carbons (Fsp3) is 0.154. The van der Waals surface area contributed by atoms with Gasteiger partial charge in [0.1, 0.15) is 18.0 Å². The molecule has 0 atom stereocenters. The number of aromatic nitrogens is 4. The average Bonchev–Trinajstić information content (AvgIpc) is 2.88. The molecule has 2 heterocycles. The van der Waals surface area contributed by atoms with E-state index < -0.39 is 17.6 Å². The number of alkyl halides is 3. The van der Waals surface area contributed by atoms with Crippen molar-refractivity contribution in [2.45, 2.75) is 13.1 Å². The smallest absolute Gasteiger partial charge is 0.338 e. The number of halogens is 4. The highest BCUT2D eigenvalue weighted by Crippen LogP contribution is 2.32. The largest absolute Gasteiger partial charge is 0.416 e. The van der Waals surface area contributed by atoms with Gasteiger partial charge in [0.2, 0.25) is 0 Å². The maximum Gasteiger partial charge on any atom is 0.416 e. The second-order valence-electron chi connectivity index (χ2n) is 4.57. The van der Waals surface area contributed by atoms with Crippen LogP contribution in [0.4, 0.5) is 29.1 Å². The topological polar surface area (TPSA) is 55.1 Å². The van der Waals surface area contributed by atoms with Crippen molar-refractivity contribution in [2.75, 3.05) is 5.32 Å². The van der Waals surface area contributed by atoms with E-state index in [4.69, 9.17) is 0 Å². The maximum absolute atomic E-state index is 13.9. The van der Waals surface area contributed by atoms with Crippen LogP contribution in [0.2, 0.25) is 0 Å². The molecule has 22 heavy (non-hydrogen) atoms. The maximum atomic E-state index is 13.9. The van der Waals surface area contributed by atoms with Gasteiger partial charge in [-0.3, -0.25) is 0 Å². The number of benzene rings is 1. The molecule has 0 spiro atoms. The molecule has 9 heteroatoms. The number of nitrogens with one attached hydrogen (secondary N) is 1. The average molecular weight is 311 g/mol. The molecule has 114 valence electrons. The molecule has 0 aliphatic rings. The third-order valence-electron chi connectivity index (χ3n) is 2.94. The number of hydrogen-bond acceptors (Lipinski definition) is 4. The Hall–Kier alpha value is -2.71. The predicted octanol–water partition coefficient (Wildman–Crippen LogP) is 3.33. The van der Waals surface area contributed by atoms with Crippen molar-refractivity contribution in [3.05, 3.63) is 47.7 Å². The first-order valence-electron chi connectivity index (χ1n) is 6.16. The van der Waals surface area contributed by atoms with Gasteiger partial charge >= 0.3 is 6.18 Å². The second-order valence-corrected chi connectivity index (χ2v) is 4.57. The molecule has 3 rings (SSSR count). The molecule has 0 fully saturated rings. The van der Waals surface area contributed by atoms with Crippen LogP contribution in [-0.2, 0) is 6.18 Å². The minimum Gasteiger partial charge on any atom is -0.338 e. The lowest BCUT2D eigenvalue weighted by Gasteiger charge is -2.12. The molecule has 1 aromatic carbocycles. The van der Waals surface area contributed by atoms with E-state index in [1.165, 1.54) is 10.8 Å². The van der Waals surface area contributed by atoms with Crippen molar-refractivity contribution in [2.24, 2.45) is 0 Å². The molecule has 0 radical (unpaired) electrons. The molecule has 0 aliphatic heterocycles. The minimum atomic E-state index is -4.59. The highest BCUT2D eigenvalue weighted by molar-refractivity contribution is 5.59. The van der Waals surface area contributed by atoms with Crippen LogP contribution in [0.5, 0.6) is 0 Å². The summed E-state index contributed by atoms with van der Waals surface area (Å²) >= 11 is 0. The molecule has 0 saturated carbocycles. The molecule has 3 aromatic rings. The molecule has 0 bridgehead atoms. The van der Waals surface area contributed by atoms with E-state index in [0.29, 0.717) is 23.4 Å². The van der Waals surface area contributed by atoms with E-state index in [9.17, 15) is 17.6 Å². The third-order valence-corrected chi connectivity index (χ3v) is 2.94. The molecule has 5 nitrogen and oxygen atoms in total. The highest BCUT2D eigenvalue weighted by atomic mass is 19.4. The fourth-order valence-corrected chi connectivity index (χ4v) is 1.95. The number of rotatable bonds is 2. The second kappa shape index (κ2) is 4.93. The number of nitrogens with zero attached hydrogens (tertiary/aromatic N) is 4. The molecule has 0 amide bonds. The fourth-order valence-electron chi connectivity index (χ4n) is 1.95. The van der Waals surface area contributed by atoms with Crippen molar-refractivity contribution in [1.29, 1.82) is 0 Å². The van der Waals surface area contributed by atoms with E-state index in [-0.39, 0.29) is 5.69 Å². The summed E-state index contributed by atoms with van der Waals surface area (Å²) in [5.74, 6) is -0.369. The van der Waals surface area contributed by atoms with Crippen LogP contribution in [0, 0.1) is 12.7 Å². The van der Waals surface area contributed by atoms with Gasteiger partial charge in [-0.2, -0.15) is 27.8 Å². The summed E-state index contributed by atoms with van der Waals surface area (Å²) in [5.41, 5.74) is -0.543. The van der Waals surface area contributed by atoms with Crippen molar-refractivity contribution in [3.8, 4) is 0 Å². The minimum absolute atomic E-state index is 0.101. The summed E-state index contributed by atoms with van der Waals surface area (Å²) in [6, 6.07) is 3.85. The quantitative estimate of drug-likeness (QED) is 0.738. The van der Waals surface area contributed by atoms with Gasteiger partial charge in [0.05, 0.1) is 11.3 Å². The Labute approximate surface area is 121 Å². The lowest BCUT2D eigenvalue weighted by molar-refractivity contribution is -0.137. The van der Waals surface area contributed by atoms with E-state index in [0.717, 1.165) is 12.1 Å². The van der Waals surface area contributed by atoms with Crippen LogP contribution >= 0.6 is 0 Å². The summed E-state index contributed by atoms with van der Waals surface area (Å²) in [6.45, 7) is 1.71. The van der Waals surface area contributed by atoms with Gasteiger partial charge in [0.25, 0.3) is 5.78 Å². The Morgan fingerprint density at radius 2 is 1.95 bits per heavy atom. The van der Waals surface area contributed by atoms with Crippen LogP contribution in [0.1, 0.15) is 11.3 Å². The SMILES string of the molecule is Cc1cc(Nc2ccc(C(F)(F)F)cc2F)n2ncnc2n1. The van der Waals surface area contributed by atoms with Gasteiger partial charge in [-0.15, -0.1) is 0 Å². The highest BCUT2D eigenvalue weighted by Gasteiger charge is 2.31. The first-order valence-corrected chi connectivity index (χ1v) is 6.16. The monoisotopic (exact) mass is 311 g/mol. The van der Waals surface area contributed by atoms with Gasteiger partial charge in [-0.05, 0) is 25.1 Å². The van der Waals surface area contributed by atoms with Crippen molar-refractivity contribution in [3.63, 3.8) is 0 Å². The summed E-state index contributed by atoms with van der Waals surface area (Å²) in [6.07, 6.45) is -3.32. The Bertz CT molecular complexity index is 840. The van der Waals surface area contributed by atoms with Gasteiger partial charge in [0.15, 0.2) is 0 Å². The zero-order chi connectivity index (χ0) is 15.9. The first kappa shape index (κ1) is 14.2. The van der Waals surface area contributed by atoms with E-state index in [1.54, 1.807) is 13.0 Å². The van der Waals surface area contributed by atoms with Gasteiger partial charge in [0, 0.05) is 11.8 Å². The molecule has 0 aliphatic carbocycles. The van der Waals surface area contributed by atoms with Gasteiger partial charge in [-0.25, -0.2) is 9.37 Å². The van der Waals surface area contributed by atoms with Gasteiger partial charge in [-0.1, -0.05) is 0 Å². The zero-order valence-electron chi connectivity index (χ0n) is 11.2. The molecule has 0 saturated heterocycles.